The zero-order chi connectivity index (χ0) is 16.0. The van der Waals surface area contributed by atoms with Crippen molar-refractivity contribution in [3.8, 4) is 0 Å². The number of nitrogens with zero attached hydrogens (tertiary/aromatic N) is 1. The molecule has 1 saturated heterocycles. The SMILES string of the molecule is CC(C)(C)C(=O)NCCCC(=O)N1CCOCC1C(=O)O. The third-order valence-corrected chi connectivity index (χ3v) is 3.27. The number of amides is 2. The Morgan fingerprint density at radius 3 is 2.57 bits per heavy atom. The molecule has 0 spiro atoms. The van der Waals surface area contributed by atoms with Crippen molar-refractivity contribution < 1.29 is 24.2 Å². The van der Waals surface area contributed by atoms with Crippen LogP contribution in [0.2, 0.25) is 0 Å². The molecule has 0 radical (unpaired) electrons. The Morgan fingerprint density at radius 1 is 1.33 bits per heavy atom. The van der Waals surface area contributed by atoms with Crippen molar-refractivity contribution in [1.82, 2.24) is 10.2 Å². The van der Waals surface area contributed by atoms with Crippen LogP contribution in [0.3, 0.4) is 0 Å². The van der Waals surface area contributed by atoms with E-state index in [1.54, 1.807) is 0 Å². The van der Waals surface area contributed by atoms with Crippen molar-refractivity contribution in [2.45, 2.75) is 39.7 Å². The van der Waals surface area contributed by atoms with Crippen molar-refractivity contribution in [2.75, 3.05) is 26.3 Å². The molecule has 2 amide bonds. The fraction of sp³-hybridized carbons (Fsp3) is 0.786. The number of morpholine rings is 1. The van der Waals surface area contributed by atoms with Gasteiger partial charge in [-0.3, -0.25) is 9.59 Å². The molecule has 7 heteroatoms. The zero-order valence-electron chi connectivity index (χ0n) is 12.8. The van der Waals surface area contributed by atoms with Gasteiger partial charge in [0.05, 0.1) is 13.2 Å². The van der Waals surface area contributed by atoms with Crippen molar-refractivity contribution in [1.29, 1.82) is 0 Å². The van der Waals surface area contributed by atoms with Crippen LogP contribution in [0.1, 0.15) is 33.6 Å². The summed E-state index contributed by atoms with van der Waals surface area (Å²) in [4.78, 5) is 36.1. The summed E-state index contributed by atoms with van der Waals surface area (Å²) >= 11 is 0. The number of rotatable bonds is 5. The predicted octanol–water partition coefficient (Wildman–Crippen LogP) is 0.241. The molecule has 0 aliphatic carbocycles. The highest BCUT2D eigenvalue weighted by molar-refractivity contribution is 5.84. The first-order valence-corrected chi connectivity index (χ1v) is 7.12. The van der Waals surface area contributed by atoms with E-state index in [0.29, 0.717) is 26.1 Å². The molecule has 1 unspecified atom stereocenters. The number of aliphatic carboxylic acids is 1. The maximum atomic E-state index is 12.0. The lowest BCUT2D eigenvalue weighted by atomic mass is 9.96. The highest BCUT2D eigenvalue weighted by Crippen LogP contribution is 2.13. The number of carboxylic acid groups (broad SMARTS) is 1. The molecule has 1 rings (SSSR count). The number of carbonyl (C=O) groups excluding carboxylic acids is 2. The second kappa shape index (κ2) is 7.40. The fourth-order valence-electron chi connectivity index (χ4n) is 1.96. The van der Waals surface area contributed by atoms with Crippen molar-refractivity contribution in [3.63, 3.8) is 0 Å². The standard InChI is InChI=1S/C14H24N2O5/c1-14(2,3)13(20)15-6-4-5-11(17)16-7-8-21-9-10(16)12(18)19/h10H,4-9H2,1-3H3,(H,15,20)(H,18,19). The van der Waals surface area contributed by atoms with Gasteiger partial charge in [0.15, 0.2) is 6.04 Å². The van der Waals surface area contributed by atoms with Gasteiger partial charge in [0, 0.05) is 24.9 Å². The topological polar surface area (TPSA) is 95.9 Å². The van der Waals surface area contributed by atoms with E-state index in [-0.39, 0.29) is 24.8 Å². The number of carbonyl (C=O) groups is 3. The maximum absolute atomic E-state index is 12.0. The van der Waals surface area contributed by atoms with Gasteiger partial charge in [0.25, 0.3) is 0 Å². The lowest BCUT2D eigenvalue weighted by Gasteiger charge is -2.33. The molecular formula is C14H24N2O5. The Morgan fingerprint density at radius 2 is 2.00 bits per heavy atom. The van der Waals surface area contributed by atoms with Crippen LogP contribution < -0.4 is 5.32 Å². The quantitative estimate of drug-likeness (QED) is 0.709. The van der Waals surface area contributed by atoms with E-state index in [0.717, 1.165) is 0 Å². The molecule has 7 nitrogen and oxygen atoms in total. The van der Waals surface area contributed by atoms with Crippen LogP contribution in [-0.2, 0) is 19.1 Å². The largest absolute Gasteiger partial charge is 0.480 e. The van der Waals surface area contributed by atoms with E-state index < -0.39 is 17.4 Å². The minimum Gasteiger partial charge on any atom is -0.480 e. The van der Waals surface area contributed by atoms with E-state index in [1.165, 1.54) is 4.90 Å². The monoisotopic (exact) mass is 300 g/mol. The van der Waals surface area contributed by atoms with E-state index in [4.69, 9.17) is 9.84 Å². The van der Waals surface area contributed by atoms with E-state index in [2.05, 4.69) is 5.32 Å². The van der Waals surface area contributed by atoms with Crippen molar-refractivity contribution in [3.05, 3.63) is 0 Å². The molecule has 1 aliphatic rings. The number of hydrogen-bond acceptors (Lipinski definition) is 4. The normalized spacial score (nSPS) is 19.2. The van der Waals surface area contributed by atoms with Crippen LogP contribution in [0, 0.1) is 5.41 Å². The molecule has 0 saturated carbocycles. The van der Waals surface area contributed by atoms with Crippen LogP contribution in [0.5, 0.6) is 0 Å². The fourth-order valence-corrected chi connectivity index (χ4v) is 1.96. The molecule has 1 heterocycles. The summed E-state index contributed by atoms with van der Waals surface area (Å²) in [6.45, 7) is 6.54. The molecule has 2 N–H and O–H groups in total. The van der Waals surface area contributed by atoms with Crippen LogP contribution in [0.25, 0.3) is 0 Å². The lowest BCUT2D eigenvalue weighted by molar-refractivity contribution is -0.158. The summed E-state index contributed by atoms with van der Waals surface area (Å²) in [5.74, 6) is -1.33. The van der Waals surface area contributed by atoms with Gasteiger partial charge in [-0.05, 0) is 6.42 Å². The summed E-state index contributed by atoms with van der Waals surface area (Å²) in [7, 11) is 0. The molecule has 120 valence electrons. The average Bonchev–Trinajstić information content (AvgIpc) is 2.41. The van der Waals surface area contributed by atoms with E-state index in [1.807, 2.05) is 20.8 Å². The maximum Gasteiger partial charge on any atom is 0.328 e. The number of carboxylic acids is 1. The first-order valence-electron chi connectivity index (χ1n) is 7.12. The summed E-state index contributed by atoms with van der Waals surface area (Å²) in [5.41, 5.74) is -0.456. The molecule has 0 bridgehead atoms. The summed E-state index contributed by atoms with van der Waals surface area (Å²) in [5, 5.41) is 11.8. The minimum atomic E-state index is -1.05. The van der Waals surface area contributed by atoms with Crippen LogP contribution in [0.4, 0.5) is 0 Å². The molecule has 1 atom stereocenters. The smallest absolute Gasteiger partial charge is 0.328 e. The highest BCUT2D eigenvalue weighted by atomic mass is 16.5. The Hall–Kier alpha value is -1.63. The van der Waals surface area contributed by atoms with E-state index >= 15 is 0 Å². The minimum absolute atomic E-state index is 0.0296. The van der Waals surface area contributed by atoms with E-state index in [9.17, 15) is 14.4 Å². The lowest BCUT2D eigenvalue weighted by Crippen LogP contribution is -2.52. The Bertz CT molecular complexity index is 403. The molecule has 0 aromatic carbocycles. The molecule has 0 aromatic heterocycles. The molecule has 1 aliphatic heterocycles. The Kier molecular flexibility index (Phi) is 6.14. The summed E-state index contributed by atoms with van der Waals surface area (Å²) < 4.78 is 5.09. The first-order chi connectivity index (χ1) is 9.73. The van der Waals surface area contributed by atoms with Crippen LogP contribution >= 0.6 is 0 Å². The van der Waals surface area contributed by atoms with Gasteiger partial charge in [-0.15, -0.1) is 0 Å². The zero-order valence-corrected chi connectivity index (χ0v) is 12.8. The van der Waals surface area contributed by atoms with Crippen molar-refractivity contribution >= 4 is 17.8 Å². The van der Waals surface area contributed by atoms with Crippen LogP contribution in [0.15, 0.2) is 0 Å². The Labute approximate surface area is 124 Å². The third-order valence-electron chi connectivity index (χ3n) is 3.27. The number of nitrogens with one attached hydrogen (secondary N) is 1. The number of ether oxygens (including phenoxy) is 1. The Balaban J connectivity index is 2.36. The van der Waals surface area contributed by atoms with Gasteiger partial charge in [-0.1, -0.05) is 20.8 Å². The van der Waals surface area contributed by atoms with Gasteiger partial charge < -0.3 is 20.1 Å². The average molecular weight is 300 g/mol. The van der Waals surface area contributed by atoms with Gasteiger partial charge >= 0.3 is 5.97 Å². The molecule has 21 heavy (non-hydrogen) atoms. The van der Waals surface area contributed by atoms with Gasteiger partial charge in [0.1, 0.15) is 0 Å². The number of hydrogen-bond donors (Lipinski definition) is 2. The summed E-state index contributed by atoms with van der Waals surface area (Å²) in [6.07, 6.45) is 0.707. The third kappa shape index (κ3) is 5.34. The van der Waals surface area contributed by atoms with Gasteiger partial charge in [-0.25, -0.2) is 4.79 Å². The molecule has 1 fully saturated rings. The highest BCUT2D eigenvalue weighted by Gasteiger charge is 2.32. The van der Waals surface area contributed by atoms with Crippen LogP contribution in [-0.4, -0.2) is 60.1 Å². The first kappa shape index (κ1) is 17.4. The van der Waals surface area contributed by atoms with Crippen molar-refractivity contribution in [2.24, 2.45) is 5.41 Å². The predicted molar refractivity (Wildman–Crippen MR) is 75.7 cm³/mol. The van der Waals surface area contributed by atoms with Gasteiger partial charge in [-0.2, -0.15) is 0 Å². The molecular weight excluding hydrogens is 276 g/mol. The van der Waals surface area contributed by atoms with Gasteiger partial charge in [0.2, 0.25) is 11.8 Å². The molecule has 0 aromatic rings. The second-order valence-corrected chi connectivity index (χ2v) is 6.13. The summed E-state index contributed by atoms with van der Waals surface area (Å²) in [6, 6.07) is -0.907. The second-order valence-electron chi connectivity index (χ2n) is 6.13.